The molecule has 0 spiro atoms. The Morgan fingerprint density at radius 2 is 2.11 bits per heavy atom. The van der Waals surface area contributed by atoms with Crippen molar-refractivity contribution in [3.8, 4) is 5.88 Å². The zero-order valence-electron chi connectivity index (χ0n) is 10.8. The molecule has 0 aromatic carbocycles. The third-order valence-corrected chi connectivity index (χ3v) is 2.88. The highest BCUT2D eigenvalue weighted by Crippen LogP contribution is 2.30. The molecule has 0 bridgehead atoms. The van der Waals surface area contributed by atoms with E-state index in [1.165, 1.54) is 13.4 Å². The Labute approximate surface area is 106 Å². The zero-order valence-corrected chi connectivity index (χ0v) is 10.8. The maximum Gasteiger partial charge on any atom is 0.372 e. The molecule has 1 aromatic rings. The van der Waals surface area contributed by atoms with Gasteiger partial charge in [-0.15, -0.1) is 0 Å². The molecule has 0 aliphatic carbocycles. The van der Waals surface area contributed by atoms with Crippen LogP contribution in [0.1, 0.15) is 26.7 Å². The standard InChI is InChI=1S/C11H18N4O3/c1-4-8(5-2)6-12-10-9(15(16)17)11(18-3)14-7-13-10/h7-8H,4-6H2,1-3H3,(H,12,13,14). The van der Waals surface area contributed by atoms with Gasteiger partial charge in [0.15, 0.2) is 0 Å². The smallest absolute Gasteiger partial charge is 0.372 e. The van der Waals surface area contributed by atoms with Gasteiger partial charge in [-0.1, -0.05) is 26.7 Å². The molecule has 0 saturated heterocycles. The first-order valence-corrected chi connectivity index (χ1v) is 5.91. The van der Waals surface area contributed by atoms with Gasteiger partial charge < -0.3 is 10.1 Å². The number of hydrogen-bond donors (Lipinski definition) is 1. The molecule has 0 radical (unpaired) electrons. The van der Waals surface area contributed by atoms with E-state index in [4.69, 9.17) is 4.74 Å². The second-order valence-electron chi connectivity index (χ2n) is 3.90. The summed E-state index contributed by atoms with van der Waals surface area (Å²) in [6.45, 7) is 4.82. The van der Waals surface area contributed by atoms with Crippen LogP contribution in [0.4, 0.5) is 11.5 Å². The number of nitrogens with one attached hydrogen (secondary N) is 1. The molecular weight excluding hydrogens is 236 g/mol. The van der Waals surface area contributed by atoms with E-state index in [2.05, 4.69) is 29.1 Å². The predicted molar refractivity (Wildman–Crippen MR) is 67.8 cm³/mol. The van der Waals surface area contributed by atoms with E-state index in [9.17, 15) is 10.1 Å². The number of hydrogen-bond acceptors (Lipinski definition) is 6. The van der Waals surface area contributed by atoms with Crippen molar-refractivity contribution < 1.29 is 9.66 Å². The maximum absolute atomic E-state index is 11.0. The lowest BCUT2D eigenvalue weighted by Crippen LogP contribution is -2.15. The molecule has 1 aromatic heterocycles. The van der Waals surface area contributed by atoms with Gasteiger partial charge in [0.05, 0.1) is 12.0 Å². The molecule has 0 aliphatic rings. The molecule has 1 heterocycles. The highest BCUT2D eigenvalue weighted by atomic mass is 16.6. The Balaban J connectivity index is 2.91. The Hall–Kier alpha value is -1.92. The average Bonchev–Trinajstić information content (AvgIpc) is 2.39. The monoisotopic (exact) mass is 254 g/mol. The molecule has 1 N–H and O–H groups in total. The average molecular weight is 254 g/mol. The van der Waals surface area contributed by atoms with E-state index in [0.29, 0.717) is 12.5 Å². The minimum Gasteiger partial charge on any atom is -0.476 e. The van der Waals surface area contributed by atoms with E-state index in [0.717, 1.165) is 12.8 Å². The van der Waals surface area contributed by atoms with Gasteiger partial charge in [0.2, 0.25) is 5.82 Å². The van der Waals surface area contributed by atoms with Gasteiger partial charge in [-0.25, -0.2) is 4.98 Å². The van der Waals surface area contributed by atoms with E-state index >= 15 is 0 Å². The van der Waals surface area contributed by atoms with Crippen molar-refractivity contribution in [2.45, 2.75) is 26.7 Å². The van der Waals surface area contributed by atoms with Crippen LogP contribution in [0.25, 0.3) is 0 Å². The first-order chi connectivity index (χ1) is 8.63. The number of anilines is 1. The lowest BCUT2D eigenvalue weighted by atomic mass is 10.0. The number of ether oxygens (including phenoxy) is 1. The molecule has 0 saturated carbocycles. The van der Waals surface area contributed by atoms with Crippen LogP contribution in [0.5, 0.6) is 5.88 Å². The Kier molecular flexibility index (Phi) is 5.29. The van der Waals surface area contributed by atoms with Gasteiger partial charge in [0, 0.05) is 6.54 Å². The fraction of sp³-hybridized carbons (Fsp3) is 0.636. The van der Waals surface area contributed by atoms with Crippen molar-refractivity contribution in [3.63, 3.8) is 0 Å². The summed E-state index contributed by atoms with van der Waals surface area (Å²) in [5, 5.41) is 14.0. The van der Waals surface area contributed by atoms with Gasteiger partial charge in [0.1, 0.15) is 6.33 Å². The summed E-state index contributed by atoms with van der Waals surface area (Å²) >= 11 is 0. The van der Waals surface area contributed by atoms with Gasteiger partial charge in [-0.2, -0.15) is 4.98 Å². The topological polar surface area (TPSA) is 90.2 Å². The summed E-state index contributed by atoms with van der Waals surface area (Å²) in [4.78, 5) is 18.1. The maximum atomic E-state index is 11.0. The summed E-state index contributed by atoms with van der Waals surface area (Å²) in [6.07, 6.45) is 3.28. The second kappa shape index (κ2) is 6.73. The normalized spacial score (nSPS) is 10.4. The van der Waals surface area contributed by atoms with Crippen LogP contribution in [0.15, 0.2) is 6.33 Å². The third kappa shape index (κ3) is 3.28. The zero-order chi connectivity index (χ0) is 13.5. The van der Waals surface area contributed by atoms with Crippen molar-refractivity contribution >= 4 is 11.5 Å². The SMILES string of the molecule is CCC(CC)CNc1ncnc(OC)c1[N+](=O)[O-]. The lowest BCUT2D eigenvalue weighted by molar-refractivity contribution is -0.385. The number of methoxy groups -OCH3 is 1. The van der Waals surface area contributed by atoms with Crippen LogP contribution in [-0.2, 0) is 0 Å². The first kappa shape index (κ1) is 14.1. The van der Waals surface area contributed by atoms with Crippen molar-refractivity contribution in [1.29, 1.82) is 0 Å². The van der Waals surface area contributed by atoms with E-state index in [1.54, 1.807) is 0 Å². The minimum absolute atomic E-state index is 0.0259. The summed E-state index contributed by atoms with van der Waals surface area (Å²) in [5.41, 5.74) is -0.217. The fourth-order valence-electron chi connectivity index (χ4n) is 1.62. The third-order valence-electron chi connectivity index (χ3n) is 2.88. The van der Waals surface area contributed by atoms with Gasteiger partial charge >= 0.3 is 5.69 Å². The van der Waals surface area contributed by atoms with Crippen LogP contribution in [0, 0.1) is 16.0 Å². The van der Waals surface area contributed by atoms with Crippen LogP contribution >= 0.6 is 0 Å². The Bertz CT molecular complexity index is 407. The van der Waals surface area contributed by atoms with E-state index in [1.807, 2.05) is 0 Å². The molecule has 0 atom stereocenters. The molecular formula is C11H18N4O3. The second-order valence-corrected chi connectivity index (χ2v) is 3.90. The first-order valence-electron chi connectivity index (χ1n) is 5.91. The number of nitro groups is 1. The fourth-order valence-corrected chi connectivity index (χ4v) is 1.62. The van der Waals surface area contributed by atoms with Crippen molar-refractivity contribution in [2.75, 3.05) is 19.0 Å². The largest absolute Gasteiger partial charge is 0.476 e. The molecule has 1 rings (SSSR count). The molecule has 7 nitrogen and oxygen atoms in total. The van der Waals surface area contributed by atoms with E-state index < -0.39 is 4.92 Å². The highest BCUT2D eigenvalue weighted by Gasteiger charge is 2.23. The van der Waals surface area contributed by atoms with Crippen LogP contribution in [0.3, 0.4) is 0 Å². The molecule has 18 heavy (non-hydrogen) atoms. The van der Waals surface area contributed by atoms with Crippen LogP contribution in [-0.4, -0.2) is 28.5 Å². The Morgan fingerprint density at radius 3 is 2.61 bits per heavy atom. The van der Waals surface area contributed by atoms with Gasteiger partial charge in [0.25, 0.3) is 5.88 Å². The number of aromatic nitrogens is 2. The Morgan fingerprint density at radius 1 is 1.44 bits per heavy atom. The van der Waals surface area contributed by atoms with E-state index in [-0.39, 0.29) is 17.4 Å². The van der Waals surface area contributed by atoms with Gasteiger partial charge in [-0.05, 0) is 5.92 Å². The van der Waals surface area contributed by atoms with Crippen molar-refractivity contribution in [1.82, 2.24) is 9.97 Å². The minimum atomic E-state index is -0.534. The lowest BCUT2D eigenvalue weighted by Gasteiger charge is -2.13. The van der Waals surface area contributed by atoms with Crippen LogP contribution < -0.4 is 10.1 Å². The van der Waals surface area contributed by atoms with Crippen molar-refractivity contribution in [2.24, 2.45) is 5.92 Å². The molecule has 0 unspecified atom stereocenters. The molecule has 7 heteroatoms. The van der Waals surface area contributed by atoms with Gasteiger partial charge in [-0.3, -0.25) is 10.1 Å². The predicted octanol–water partition coefficient (Wildman–Crippen LogP) is 2.24. The molecule has 0 fully saturated rings. The molecule has 0 amide bonds. The molecule has 0 aliphatic heterocycles. The summed E-state index contributed by atoms with van der Waals surface area (Å²) in [5.74, 6) is 0.645. The number of rotatable bonds is 7. The summed E-state index contributed by atoms with van der Waals surface area (Å²) < 4.78 is 4.87. The van der Waals surface area contributed by atoms with Crippen molar-refractivity contribution in [3.05, 3.63) is 16.4 Å². The summed E-state index contributed by atoms with van der Waals surface area (Å²) in [7, 11) is 1.35. The quantitative estimate of drug-likeness (QED) is 0.592. The molecule has 100 valence electrons. The van der Waals surface area contributed by atoms with Crippen LogP contribution in [0.2, 0.25) is 0 Å². The summed E-state index contributed by atoms with van der Waals surface area (Å²) in [6, 6.07) is 0. The highest BCUT2D eigenvalue weighted by molar-refractivity contribution is 5.61. The number of nitrogens with zero attached hydrogens (tertiary/aromatic N) is 3.